The van der Waals surface area contributed by atoms with Crippen LogP contribution in [0.25, 0.3) is 33.4 Å². The van der Waals surface area contributed by atoms with Crippen LogP contribution in [0.3, 0.4) is 0 Å². The van der Waals surface area contributed by atoms with Crippen LogP contribution in [0.15, 0.2) is 97.1 Å². The molecule has 1 aromatic heterocycles. The summed E-state index contributed by atoms with van der Waals surface area (Å²) in [5.74, 6) is 0.910. The Bertz CT molecular complexity index is 1570. The van der Waals surface area contributed by atoms with Gasteiger partial charge in [-0.05, 0) is 53.1 Å². The fraction of sp³-hybridized carbons (Fsp3) is 0.129. The Balaban J connectivity index is 1.42. The molecule has 0 aliphatic heterocycles. The Kier molecular flexibility index (Phi) is 7.81. The Morgan fingerprint density at radius 1 is 0.789 bits per heavy atom. The van der Waals surface area contributed by atoms with Crippen molar-refractivity contribution in [3.05, 3.63) is 108 Å². The van der Waals surface area contributed by atoms with Crippen LogP contribution in [-0.4, -0.2) is 27.7 Å². The zero-order chi connectivity index (χ0) is 26.3. The summed E-state index contributed by atoms with van der Waals surface area (Å²) in [7, 11) is 0. The number of aromatic nitrogens is 2. The second-order valence-electron chi connectivity index (χ2n) is 8.77. The highest BCUT2D eigenvalue weighted by Gasteiger charge is 2.11. The SMILES string of the molecule is O=C(O)CCCOc1ccc2cc(-c3nc(OCc4cccc(Cl)c4)cc(-c4ccccc4)n3)ccc2c1. The van der Waals surface area contributed by atoms with E-state index < -0.39 is 5.97 Å². The van der Waals surface area contributed by atoms with Crippen molar-refractivity contribution in [1.29, 1.82) is 0 Å². The molecule has 5 aromatic rings. The second kappa shape index (κ2) is 11.8. The number of carboxylic acid groups (broad SMARTS) is 1. The third-order valence-corrected chi connectivity index (χ3v) is 6.16. The average molecular weight is 525 g/mol. The lowest BCUT2D eigenvalue weighted by atomic mass is 10.1. The molecule has 0 amide bonds. The molecule has 0 atom stereocenters. The van der Waals surface area contributed by atoms with Gasteiger partial charge in [-0.3, -0.25) is 4.79 Å². The van der Waals surface area contributed by atoms with E-state index in [2.05, 4.69) is 0 Å². The minimum atomic E-state index is -0.823. The van der Waals surface area contributed by atoms with E-state index in [1.54, 1.807) is 0 Å². The molecule has 0 aliphatic carbocycles. The maximum Gasteiger partial charge on any atom is 0.303 e. The van der Waals surface area contributed by atoms with E-state index in [1.165, 1.54) is 0 Å². The summed E-state index contributed by atoms with van der Waals surface area (Å²) < 4.78 is 11.8. The van der Waals surface area contributed by atoms with Gasteiger partial charge in [0.25, 0.3) is 0 Å². The van der Waals surface area contributed by atoms with Gasteiger partial charge in [-0.2, -0.15) is 4.98 Å². The standard InChI is InChI=1S/C31H25ClN2O4/c32-26-9-4-6-21(16-26)20-38-29-19-28(22-7-2-1-3-8-22)33-31(34-29)25-12-11-24-18-27(14-13-23(24)17-25)37-15-5-10-30(35)36/h1-4,6-9,11-14,16-19H,5,10,15,20H2,(H,35,36). The first-order valence-corrected chi connectivity index (χ1v) is 12.6. The second-order valence-corrected chi connectivity index (χ2v) is 9.21. The van der Waals surface area contributed by atoms with Crippen molar-refractivity contribution in [1.82, 2.24) is 9.97 Å². The molecule has 0 fully saturated rings. The van der Waals surface area contributed by atoms with Crippen molar-refractivity contribution >= 4 is 28.3 Å². The molecule has 0 spiro atoms. The molecule has 0 aliphatic rings. The molecule has 6 nitrogen and oxygen atoms in total. The van der Waals surface area contributed by atoms with Crippen LogP contribution >= 0.6 is 11.6 Å². The number of hydrogen-bond acceptors (Lipinski definition) is 5. The van der Waals surface area contributed by atoms with Crippen LogP contribution in [0.5, 0.6) is 11.6 Å². The van der Waals surface area contributed by atoms with E-state index in [9.17, 15) is 4.79 Å². The first-order chi connectivity index (χ1) is 18.5. The van der Waals surface area contributed by atoms with Crippen LogP contribution in [0.2, 0.25) is 5.02 Å². The summed E-state index contributed by atoms with van der Waals surface area (Å²) in [6.45, 7) is 0.687. The Labute approximate surface area is 225 Å². The molecule has 5 rings (SSSR count). The summed E-state index contributed by atoms with van der Waals surface area (Å²) >= 11 is 6.13. The molecule has 190 valence electrons. The maximum atomic E-state index is 10.7. The van der Waals surface area contributed by atoms with Gasteiger partial charge in [0, 0.05) is 28.6 Å². The molecule has 38 heavy (non-hydrogen) atoms. The predicted molar refractivity (Wildman–Crippen MR) is 149 cm³/mol. The smallest absolute Gasteiger partial charge is 0.303 e. The highest BCUT2D eigenvalue weighted by molar-refractivity contribution is 6.30. The number of halogens is 1. The van der Waals surface area contributed by atoms with Crippen LogP contribution in [-0.2, 0) is 11.4 Å². The summed E-state index contributed by atoms with van der Waals surface area (Å²) in [5, 5.41) is 11.5. The maximum absolute atomic E-state index is 10.7. The van der Waals surface area contributed by atoms with Gasteiger partial charge in [0.05, 0.1) is 12.3 Å². The molecule has 0 saturated heterocycles. The first-order valence-electron chi connectivity index (χ1n) is 12.2. The third kappa shape index (κ3) is 6.47. The predicted octanol–water partition coefficient (Wildman–Crippen LogP) is 7.44. The molecule has 0 unspecified atom stereocenters. The van der Waals surface area contributed by atoms with Gasteiger partial charge in [0.2, 0.25) is 5.88 Å². The van der Waals surface area contributed by atoms with Crippen LogP contribution in [0, 0.1) is 0 Å². The average Bonchev–Trinajstić information content (AvgIpc) is 2.94. The molecule has 0 radical (unpaired) electrons. The topological polar surface area (TPSA) is 81.5 Å². The molecule has 1 heterocycles. The zero-order valence-electron chi connectivity index (χ0n) is 20.5. The number of rotatable bonds is 10. The van der Waals surface area contributed by atoms with E-state index in [1.807, 2.05) is 97.1 Å². The zero-order valence-corrected chi connectivity index (χ0v) is 21.3. The number of benzene rings is 4. The third-order valence-electron chi connectivity index (χ3n) is 5.92. The summed E-state index contributed by atoms with van der Waals surface area (Å²) in [6, 6.07) is 31.1. The monoisotopic (exact) mass is 524 g/mol. The normalized spacial score (nSPS) is 10.9. The molecular weight excluding hydrogens is 500 g/mol. The van der Waals surface area contributed by atoms with Crippen molar-refractivity contribution in [2.24, 2.45) is 0 Å². The van der Waals surface area contributed by atoms with Crippen molar-refractivity contribution in [3.8, 4) is 34.3 Å². The minimum Gasteiger partial charge on any atom is -0.494 e. The van der Waals surface area contributed by atoms with Gasteiger partial charge < -0.3 is 14.6 Å². The number of fused-ring (bicyclic) bond motifs is 1. The van der Waals surface area contributed by atoms with Crippen LogP contribution in [0.1, 0.15) is 18.4 Å². The van der Waals surface area contributed by atoms with Gasteiger partial charge in [-0.1, -0.05) is 72.3 Å². The molecule has 7 heteroatoms. The van der Waals surface area contributed by atoms with E-state index in [0.29, 0.717) is 42.1 Å². The van der Waals surface area contributed by atoms with E-state index in [4.69, 9.17) is 36.1 Å². The summed E-state index contributed by atoms with van der Waals surface area (Å²) in [4.78, 5) is 20.3. The molecule has 0 bridgehead atoms. The van der Waals surface area contributed by atoms with Gasteiger partial charge in [0.15, 0.2) is 5.82 Å². The molecule has 0 saturated carbocycles. The van der Waals surface area contributed by atoms with Gasteiger partial charge in [0.1, 0.15) is 12.4 Å². The van der Waals surface area contributed by atoms with Crippen molar-refractivity contribution in [3.63, 3.8) is 0 Å². The van der Waals surface area contributed by atoms with Crippen molar-refractivity contribution in [2.75, 3.05) is 6.61 Å². The van der Waals surface area contributed by atoms with E-state index in [-0.39, 0.29) is 6.42 Å². The first kappa shape index (κ1) is 25.2. The van der Waals surface area contributed by atoms with Crippen molar-refractivity contribution < 1.29 is 19.4 Å². The number of carbonyl (C=O) groups is 1. The summed E-state index contributed by atoms with van der Waals surface area (Å²) in [6.07, 6.45) is 0.549. The van der Waals surface area contributed by atoms with Gasteiger partial charge >= 0.3 is 5.97 Å². The number of ether oxygens (including phenoxy) is 2. The van der Waals surface area contributed by atoms with E-state index >= 15 is 0 Å². The lowest BCUT2D eigenvalue weighted by Crippen LogP contribution is -2.02. The molecule has 4 aromatic carbocycles. The highest BCUT2D eigenvalue weighted by atomic mass is 35.5. The highest BCUT2D eigenvalue weighted by Crippen LogP contribution is 2.29. The number of nitrogens with zero attached hydrogens (tertiary/aromatic N) is 2. The van der Waals surface area contributed by atoms with Crippen molar-refractivity contribution in [2.45, 2.75) is 19.4 Å². The fourth-order valence-corrected chi connectivity index (χ4v) is 4.25. The number of aliphatic carboxylic acids is 1. The largest absolute Gasteiger partial charge is 0.494 e. The van der Waals surface area contributed by atoms with Crippen LogP contribution < -0.4 is 9.47 Å². The van der Waals surface area contributed by atoms with Gasteiger partial charge in [-0.15, -0.1) is 0 Å². The summed E-state index contributed by atoms with van der Waals surface area (Å²) in [5.41, 5.74) is 3.54. The minimum absolute atomic E-state index is 0.0871. The van der Waals surface area contributed by atoms with E-state index in [0.717, 1.165) is 33.2 Å². The lowest BCUT2D eigenvalue weighted by Gasteiger charge is -2.11. The quantitative estimate of drug-likeness (QED) is 0.191. The Hall–Kier alpha value is -4.42. The molecule has 1 N–H and O–H groups in total. The number of carboxylic acids is 1. The van der Waals surface area contributed by atoms with Crippen LogP contribution in [0.4, 0.5) is 0 Å². The molecular formula is C31H25ClN2O4. The number of hydrogen-bond donors (Lipinski definition) is 1. The van der Waals surface area contributed by atoms with Gasteiger partial charge in [-0.25, -0.2) is 4.98 Å². The Morgan fingerprint density at radius 2 is 1.61 bits per heavy atom. The lowest BCUT2D eigenvalue weighted by molar-refractivity contribution is -0.137. The Morgan fingerprint density at radius 3 is 2.42 bits per heavy atom. The fourth-order valence-electron chi connectivity index (χ4n) is 4.03.